The molecule has 0 aliphatic carbocycles. The molecule has 1 atom stereocenters. The van der Waals surface area contributed by atoms with Crippen molar-refractivity contribution in [1.82, 2.24) is 0 Å². The van der Waals surface area contributed by atoms with Crippen molar-refractivity contribution in [2.24, 2.45) is 0 Å². The summed E-state index contributed by atoms with van der Waals surface area (Å²) < 4.78 is 12.5. The molecule has 0 aliphatic heterocycles. The Hall–Kier alpha value is -3.36. The van der Waals surface area contributed by atoms with Crippen LogP contribution in [0.1, 0.15) is 42.0 Å². The highest BCUT2D eigenvalue weighted by atomic mass is 16.5. The smallest absolute Gasteiger partial charge is 0.119 e. The number of benzene rings is 4. The van der Waals surface area contributed by atoms with E-state index >= 15 is 0 Å². The predicted molar refractivity (Wildman–Crippen MR) is 135 cm³/mol. The van der Waals surface area contributed by atoms with Crippen LogP contribution < -0.4 is 4.74 Å². The van der Waals surface area contributed by atoms with Gasteiger partial charge in [-0.3, -0.25) is 0 Å². The molecule has 33 heavy (non-hydrogen) atoms. The van der Waals surface area contributed by atoms with Gasteiger partial charge in [0.05, 0.1) is 12.2 Å². The quantitative estimate of drug-likeness (QED) is 0.255. The number of rotatable bonds is 10. The van der Waals surface area contributed by atoms with Crippen molar-refractivity contribution in [2.45, 2.75) is 45.0 Å². The molecule has 4 aromatic carbocycles. The van der Waals surface area contributed by atoms with Crippen LogP contribution in [0.25, 0.3) is 0 Å². The fourth-order valence-corrected chi connectivity index (χ4v) is 4.10. The molecular weight excluding hydrogens is 404 g/mol. The first-order valence-electron chi connectivity index (χ1n) is 11.6. The molecule has 0 fully saturated rings. The number of hydrogen-bond acceptors (Lipinski definition) is 2. The molecule has 1 unspecified atom stereocenters. The van der Waals surface area contributed by atoms with Gasteiger partial charge < -0.3 is 9.47 Å². The average molecular weight is 437 g/mol. The van der Waals surface area contributed by atoms with E-state index < -0.39 is 0 Å². The van der Waals surface area contributed by atoms with Crippen molar-refractivity contribution in [3.05, 3.63) is 138 Å². The summed E-state index contributed by atoms with van der Waals surface area (Å²) in [5, 5.41) is 0. The Bertz CT molecular complexity index is 1090. The lowest BCUT2D eigenvalue weighted by Gasteiger charge is -2.35. The van der Waals surface area contributed by atoms with E-state index in [0.29, 0.717) is 13.2 Å². The summed E-state index contributed by atoms with van der Waals surface area (Å²) in [5.74, 6) is 1.08. The minimum absolute atomic E-state index is 0.201. The maximum Gasteiger partial charge on any atom is 0.119 e. The Morgan fingerprint density at radius 3 is 1.61 bits per heavy atom. The second-order valence-electron chi connectivity index (χ2n) is 8.96. The van der Waals surface area contributed by atoms with Gasteiger partial charge in [-0.1, -0.05) is 103 Å². The molecule has 2 heteroatoms. The second kappa shape index (κ2) is 11.0. The molecule has 0 aliphatic rings. The van der Waals surface area contributed by atoms with E-state index in [9.17, 15) is 0 Å². The molecule has 0 heterocycles. The molecule has 2 nitrogen and oxygen atoms in total. The minimum atomic E-state index is -0.349. The van der Waals surface area contributed by atoms with Gasteiger partial charge in [-0.2, -0.15) is 0 Å². The summed E-state index contributed by atoms with van der Waals surface area (Å²) in [6.07, 6.45) is 0.910. The maximum atomic E-state index is 6.51. The Kier molecular flexibility index (Phi) is 7.59. The number of hydrogen-bond donors (Lipinski definition) is 0. The first kappa shape index (κ1) is 22.8. The summed E-state index contributed by atoms with van der Waals surface area (Å²) in [6, 6.07) is 39.8. The standard InChI is InChI=1S/C31H32O2/c1-31(2,33-24-27-16-10-5-11-17-27)30(22-25-12-6-3-7-13-25)28-18-20-29(21-19-28)32-23-26-14-8-4-9-15-26/h3-21,30H,22-24H2,1-2H3. The van der Waals surface area contributed by atoms with Crippen LogP contribution in [0.4, 0.5) is 0 Å². The third-order valence-corrected chi connectivity index (χ3v) is 6.11. The van der Waals surface area contributed by atoms with Crippen LogP contribution in [0.5, 0.6) is 5.75 Å². The topological polar surface area (TPSA) is 18.5 Å². The van der Waals surface area contributed by atoms with Gasteiger partial charge in [-0.05, 0) is 54.7 Å². The van der Waals surface area contributed by atoms with Crippen LogP contribution in [0.2, 0.25) is 0 Å². The molecule has 0 radical (unpaired) electrons. The lowest BCUT2D eigenvalue weighted by atomic mass is 9.80. The zero-order chi connectivity index (χ0) is 22.9. The average Bonchev–Trinajstić information content (AvgIpc) is 2.87. The molecule has 0 N–H and O–H groups in total. The van der Waals surface area contributed by atoms with Gasteiger partial charge in [0.25, 0.3) is 0 Å². The van der Waals surface area contributed by atoms with Crippen LogP contribution >= 0.6 is 0 Å². The van der Waals surface area contributed by atoms with Crippen LogP contribution in [0.15, 0.2) is 115 Å². The van der Waals surface area contributed by atoms with Crippen LogP contribution in [-0.4, -0.2) is 5.60 Å². The van der Waals surface area contributed by atoms with Crippen molar-refractivity contribution in [3.8, 4) is 5.75 Å². The fourth-order valence-electron chi connectivity index (χ4n) is 4.10. The number of ether oxygens (including phenoxy) is 2. The van der Waals surface area contributed by atoms with Crippen molar-refractivity contribution in [2.75, 3.05) is 0 Å². The molecule has 0 saturated heterocycles. The lowest BCUT2D eigenvalue weighted by Crippen LogP contribution is -2.34. The SMILES string of the molecule is CC(C)(OCc1ccccc1)C(Cc1ccccc1)c1ccc(OCc2ccccc2)cc1. The first-order chi connectivity index (χ1) is 16.1. The highest BCUT2D eigenvalue weighted by Gasteiger charge is 2.32. The molecular formula is C31H32O2. The Morgan fingerprint density at radius 2 is 1.06 bits per heavy atom. The third-order valence-electron chi connectivity index (χ3n) is 6.11. The van der Waals surface area contributed by atoms with Crippen LogP contribution in [0, 0.1) is 0 Å². The van der Waals surface area contributed by atoms with Gasteiger partial charge in [-0.25, -0.2) is 0 Å². The minimum Gasteiger partial charge on any atom is -0.489 e. The Morgan fingerprint density at radius 1 is 0.576 bits per heavy atom. The Balaban J connectivity index is 1.50. The molecule has 0 amide bonds. The van der Waals surface area contributed by atoms with Crippen molar-refractivity contribution < 1.29 is 9.47 Å². The van der Waals surface area contributed by atoms with E-state index in [1.54, 1.807) is 0 Å². The molecule has 0 aromatic heterocycles. The van der Waals surface area contributed by atoms with Crippen molar-refractivity contribution in [3.63, 3.8) is 0 Å². The maximum absolute atomic E-state index is 6.51. The second-order valence-corrected chi connectivity index (χ2v) is 8.96. The lowest BCUT2D eigenvalue weighted by molar-refractivity contribution is -0.0489. The van der Waals surface area contributed by atoms with E-state index in [-0.39, 0.29) is 11.5 Å². The van der Waals surface area contributed by atoms with E-state index in [2.05, 4.69) is 105 Å². The van der Waals surface area contributed by atoms with Crippen LogP contribution in [-0.2, 0) is 24.4 Å². The summed E-state index contributed by atoms with van der Waals surface area (Å²) in [5.41, 5.74) is 4.57. The van der Waals surface area contributed by atoms with E-state index in [1.807, 2.05) is 24.3 Å². The first-order valence-corrected chi connectivity index (χ1v) is 11.6. The van der Waals surface area contributed by atoms with Gasteiger partial charge in [0.15, 0.2) is 0 Å². The summed E-state index contributed by atoms with van der Waals surface area (Å²) in [7, 11) is 0. The monoisotopic (exact) mass is 436 g/mol. The fraction of sp³-hybridized carbons (Fsp3) is 0.226. The normalized spacial score (nSPS) is 12.3. The molecule has 168 valence electrons. The highest BCUT2D eigenvalue weighted by molar-refractivity contribution is 5.33. The zero-order valence-corrected chi connectivity index (χ0v) is 19.5. The molecule has 0 bridgehead atoms. The zero-order valence-electron chi connectivity index (χ0n) is 19.5. The largest absolute Gasteiger partial charge is 0.489 e. The highest BCUT2D eigenvalue weighted by Crippen LogP contribution is 2.36. The van der Waals surface area contributed by atoms with E-state index in [0.717, 1.165) is 12.2 Å². The summed E-state index contributed by atoms with van der Waals surface area (Å²) in [6.45, 7) is 5.56. The van der Waals surface area contributed by atoms with Gasteiger partial charge >= 0.3 is 0 Å². The van der Waals surface area contributed by atoms with Gasteiger partial charge in [0.1, 0.15) is 12.4 Å². The Labute approximate surface area is 197 Å². The van der Waals surface area contributed by atoms with E-state index in [1.165, 1.54) is 22.3 Å². The predicted octanol–water partition coefficient (Wildman–Crippen LogP) is 7.59. The molecule has 0 saturated carbocycles. The summed E-state index contributed by atoms with van der Waals surface area (Å²) in [4.78, 5) is 0. The molecule has 0 spiro atoms. The molecule has 4 aromatic rings. The van der Waals surface area contributed by atoms with Gasteiger partial charge in [-0.15, -0.1) is 0 Å². The van der Waals surface area contributed by atoms with Gasteiger partial charge in [0, 0.05) is 5.92 Å². The van der Waals surface area contributed by atoms with Gasteiger partial charge in [0.2, 0.25) is 0 Å². The summed E-state index contributed by atoms with van der Waals surface area (Å²) >= 11 is 0. The van der Waals surface area contributed by atoms with E-state index in [4.69, 9.17) is 9.47 Å². The third kappa shape index (κ3) is 6.57. The van der Waals surface area contributed by atoms with Crippen molar-refractivity contribution in [1.29, 1.82) is 0 Å². The molecule has 4 rings (SSSR count). The van der Waals surface area contributed by atoms with Crippen molar-refractivity contribution >= 4 is 0 Å². The van der Waals surface area contributed by atoms with Crippen LogP contribution in [0.3, 0.4) is 0 Å².